The van der Waals surface area contributed by atoms with Crippen LogP contribution < -0.4 is 10.6 Å². The second-order valence-corrected chi connectivity index (χ2v) is 4.23. The summed E-state index contributed by atoms with van der Waals surface area (Å²) in [4.78, 5) is 11.6. The molecular formula is C12H12N2OS. The molecule has 3 nitrogen and oxygen atoms in total. The maximum Gasteiger partial charge on any atom is 0.307 e. The van der Waals surface area contributed by atoms with Gasteiger partial charge in [0.05, 0.1) is 5.69 Å². The molecule has 1 aromatic carbocycles. The van der Waals surface area contributed by atoms with E-state index in [4.69, 9.17) is 5.73 Å². The number of hydrogen-bond acceptors (Lipinski definition) is 3. The molecule has 0 aliphatic carbocycles. The van der Waals surface area contributed by atoms with Crippen molar-refractivity contribution in [2.24, 2.45) is 0 Å². The Bertz CT molecular complexity index is 551. The van der Waals surface area contributed by atoms with Crippen molar-refractivity contribution in [1.82, 2.24) is 4.57 Å². The van der Waals surface area contributed by atoms with Gasteiger partial charge in [-0.15, -0.1) is 6.58 Å². The molecule has 82 valence electrons. The number of anilines is 1. The highest BCUT2D eigenvalue weighted by Gasteiger charge is 2.07. The predicted octanol–water partition coefficient (Wildman–Crippen LogP) is 2.35. The minimum Gasteiger partial charge on any atom is -0.399 e. The van der Waals surface area contributed by atoms with Gasteiger partial charge >= 0.3 is 4.87 Å². The van der Waals surface area contributed by atoms with Gasteiger partial charge in [0.1, 0.15) is 0 Å². The minimum absolute atomic E-state index is 0.0340. The van der Waals surface area contributed by atoms with Gasteiger partial charge in [-0.3, -0.25) is 9.36 Å². The third-order valence-electron chi connectivity index (χ3n) is 2.30. The van der Waals surface area contributed by atoms with Crippen LogP contribution in [0.1, 0.15) is 0 Å². The lowest BCUT2D eigenvalue weighted by Crippen LogP contribution is -2.12. The van der Waals surface area contributed by atoms with Crippen LogP contribution in [0.4, 0.5) is 5.69 Å². The normalized spacial score (nSPS) is 10.2. The van der Waals surface area contributed by atoms with Crippen LogP contribution >= 0.6 is 11.3 Å². The molecular weight excluding hydrogens is 220 g/mol. The molecule has 0 radical (unpaired) electrons. The van der Waals surface area contributed by atoms with Crippen molar-refractivity contribution < 1.29 is 0 Å². The highest BCUT2D eigenvalue weighted by molar-refractivity contribution is 7.07. The fourth-order valence-electron chi connectivity index (χ4n) is 1.51. The summed E-state index contributed by atoms with van der Waals surface area (Å²) in [5.41, 5.74) is 8.25. The largest absolute Gasteiger partial charge is 0.399 e. The van der Waals surface area contributed by atoms with Crippen LogP contribution in [-0.4, -0.2) is 4.57 Å². The van der Waals surface area contributed by atoms with Crippen molar-refractivity contribution in [1.29, 1.82) is 0 Å². The monoisotopic (exact) mass is 232 g/mol. The van der Waals surface area contributed by atoms with Crippen LogP contribution in [0.5, 0.6) is 0 Å². The van der Waals surface area contributed by atoms with Gasteiger partial charge in [-0.05, 0) is 17.7 Å². The van der Waals surface area contributed by atoms with Crippen molar-refractivity contribution in [3.05, 3.63) is 52.0 Å². The third kappa shape index (κ3) is 1.92. The first kappa shape index (κ1) is 10.7. The van der Waals surface area contributed by atoms with Crippen molar-refractivity contribution in [3.8, 4) is 11.3 Å². The Labute approximate surface area is 97.5 Å². The number of allylic oxidation sites excluding steroid dienone is 1. The number of nitrogen functional groups attached to an aromatic ring is 1. The van der Waals surface area contributed by atoms with Crippen molar-refractivity contribution in [3.63, 3.8) is 0 Å². The SMILES string of the molecule is C=CCn1c(-c2ccc(N)cc2)csc1=O. The third-order valence-corrected chi connectivity index (χ3v) is 3.06. The first-order chi connectivity index (χ1) is 7.72. The molecule has 0 atom stereocenters. The second kappa shape index (κ2) is 4.37. The summed E-state index contributed by atoms with van der Waals surface area (Å²) in [7, 11) is 0. The summed E-state index contributed by atoms with van der Waals surface area (Å²) in [6.07, 6.45) is 1.72. The van der Waals surface area contributed by atoms with E-state index in [0.717, 1.165) is 16.9 Å². The molecule has 0 unspecified atom stereocenters. The summed E-state index contributed by atoms with van der Waals surface area (Å²) in [5, 5.41) is 1.86. The number of hydrogen-bond donors (Lipinski definition) is 1. The Morgan fingerprint density at radius 3 is 2.69 bits per heavy atom. The van der Waals surface area contributed by atoms with Gasteiger partial charge in [0.25, 0.3) is 0 Å². The van der Waals surface area contributed by atoms with Gasteiger partial charge in [-0.1, -0.05) is 29.5 Å². The zero-order chi connectivity index (χ0) is 11.5. The van der Waals surface area contributed by atoms with Crippen LogP contribution in [0.15, 0.2) is 47.1 Å². The first-order valence-electron chi connectivity index (χ1n) is 4.87. The summed E-state index contributed by atoms with van der Waals surface area (Å²) < 4.78 is 1.70. The molecule has 0 spiro atoms. The van der Waals surface area contributed by atoms with E-state index >= 15 is 0 Å². The second-order valence-electron chi connectivity index (χ2n) is 3.41. The Morgan fingerprint density at radius 1 is 1.38 bits per heavy atom. The maximum absolute atomic E-state index is 11.6. The molecule has 1 heterocycles. The van der Waals surface area contributed by atoms with E-state index in [9.17, 15) is 4.79 Å². The minimum atomic E-state index is 0.0340. The lowest BCUT2D eigenvalue weighted by atomic mass is 10.1. The average Bonchev–Trinajstić information content (AvgIpc) is 2.63. The molecule has 0 amide bonds. The van der Waals surface area contributed by atoms with Crippen molar-refractivity contribution in [2.75, 3.05) is 5.73 Å². The van der Waals surface area contributed by atoms with Crippen molar-refractivity contribution >= 4 is 17.0 Å². The topological polar surface area (TPSA) is 48.0 Å². The highest BCUT2D eigenvalue weighted by Crippen LogP contribution is 2.21. The lowest BCUT2D eigenvalue weighted by molar-refractivity contribution is 0.816. The molecule has 4 heteroatoms. The van der Waals surface area contributed by atoms with E-state index < -0.39 is 0 Å². The van der Waals surface area contributed by atoms with Gasteiger partial charge in [0.2, 0.25) is 0 Å². The molecule has 2 aromatic rings. The summed E-state index contributed by atoms with van der Waals surface area (Å²) in [5.74, 6) is 0. The zero-order valence-electron chi connectivity index (χ0n) is 8.72. The van der Waals surface area contributed by atoms with Crippen LogP contribution in [0.2, 0.25) is 0 Å². The number of nitrogens with two attached hydrogens (primary N) is 1. The quantitative estimate of drug-likeness (QED) is 0.652. The van der Waals surface area contributed by atoms with Crippen LogP contribution in [0, 0.1) is 0 Å². The van der Waals surface area contributed by atoms with Gasteiger partial charge < -0.3 is 5.73 Å². The van der Waals surface area contributed by atoms with Gasteiger partial charge in [-0.25, -0.2) is 0 Å². The Hall–Kier alpha value is -1.81. The van der Waals surface area contributed by atoms with Gasteiger partial charge in [0, 0.05) is 17.6 Å². The Balaban J connectivity index is 2.51. The number of nitrogens with zero attached hydrogens (tertiary/aromatic N) is 1. The molecule has 0 fully saturated rings. The summed E-state index contributed by atoms with van der Waals surface area (Å²) >= 11 is 1.20. The fraction of sp³-hybridized carbons (Fsp3) is 0.0833. The van der Waals surface area contributed by atoms with E-state index in [0.29, 0.717) is 6.54 Å². The number of thiazole rings is 1. The van der Waals surface area contributed by atoms with E-state index in [1.54, 1.807) is 10.6 Å². The van der Waals surface area contributed by atoms with Crippen molar-refractivity contribution in [2.45, 2.75) is 6.54 Å². The molecule has 1 aromatic heterocycles. The van der Waals surface area contributed by atoms with Crippen LogP contribution in [-0.2, 0) is 6.54 Å². The van der Waals surface area contributed by atoms with Gasteiger partial charge in [0.15, 0.2) is 0 Å². The summed E-state index contributed by atoms with van der Waals surface area (Å²) in [6, 6.07) is 7.48. The zero-order valence-corrected chi connectivity index (χ0v) is 9.54. The van der Waals surface area contributed by atoms with Crippen LogP contribution in [0.25, 0.3) is 11.3 Å². The fourth-order valence-corrected chi connectivity index (χ4v) is 2.29. The van der Waals surface area contributed by atoms with E-state index in [2.05, 4.69) is 6.58 Å². The number of aromatic nitrogens is 1. The number of rotatable bonds is 3. The van der Waals surface area contributed by atoms with E-state index in [-0.39, 0.29) is 4.87 Å². The maximum atomic E-state index is 11.6. The average molecular weight is 232 g/mol. The summed E-state index contributed by atoms with van der Waals surface area (Å²) in [6.45, 7) is 4.18. The Morgan fingerprint density at radius 2 is 2.06 bits per heavy atom. The van der Waals surface area contributed by atoms with Crippen LogP contribution in [0.3, 0.4) is 0 Å². The first-order valence-corrected chi connectivity index (χ1v) is 5.75. The number of benzene rings is 1. The lowest BCUT2D eigenvalue weighted by Gasteiger charge is -2.05. The molecule has 0 aliphatic heterocycles. The van der Waals surface area contributed by atoms with E-state index in [1.165, 1.54) is 11.3 Å². The molecule has 0 aliphatic rings. The molecule has 2 N–H and O–H groups in total. The standard InChI is InChI=1S/C12H12N2OS/c1-2-7-14-11(8-16-12(14)15)9-3-5-10(13)6-4-9/h2-6,8H,1,7,13H2. The van der Waals surface area contributed by atoms with E-state index in [1.807, 2.05) is 29.6 Å². The highest BCUT2D eigenvalue weighted by atomic mass is 32.1. The molecule has 16 heavy (non-hydrogen) atoms. The predicted molar refractivity (Wildman–Crippen MR) is 68.6 cm³/mol. The Kier molecular flexibility index (Phi) is 2.92. The molecule has 0 saturated carbocycles. The van der Waals surface area contributed by atoms with Gasteiger partial charge in [-0.2, -0.15) is 0 Å². The smallest absolute Gasteiger partial charge is 0.307 e. The molecule has 0 bridgehead atoms. The molecule has 2 rings (SSSR count). The molecule has 0 saturated heterocycles.